The van der Waals surface area contributed by atoms with Crippen LogP contribution in [-0.2, 0) is 22.4 Å². The van der Waals surface area contributed by atoms with E-state index < -0.39 is 30.0 Å². The second kappa shape index (κ2) is 7.69. The van der Waals surface area contributed by atoms with Gasteiger partial charge < -0.3 is 15.8 Å². The zero-order valence-electron chi connectivity index (χ0n) is 13.0. The van der Waals surface area contributed by atoms with E-state index in [-0.39, 0.29) is 6.61 Å². The summed E-state index contributed by atoms with van der Waals surface area (Å²) in [6.45, 7) is 0.103. The molecule has 0 bridgehead atoms. The fraction of sp³-hybridized carbons (Fsp3) is 0.176. The van der Waals surface area contributed by atoms with E-state index >= 15 is 0 Å². The van der Waals surface area contributed by atoms with Gasteiger partial charge in [-0.25, -0.2) is 0 Å². The van der Waals surface area contributed by atoms with Crippen LogP contribution in [0.4, 0.5) is 18.9 Å². The maximum atomic E-state index is 12.5. The van der Waals surface area contributed by atoms with Crippen LogP contribution in [-0.4, -0.2) is 11.8 Å². The number of primary amides is 1. The molecule has 3 N–H and O–H groups in total. The van der Waals surface area contributed by atoms with Crippen molar-refractivity contribution < 1.29 is 27.5 Å². The van der Waals surface area contributed by atoms with Crippen molar-refractivity contribution in [2.45, 2.75) is 19.2 Å². The molecule has 25 heavy (non-hydrogen) atoms. The first kappa shape index (κ1) is 18.3. The smallest absolute Gasteiger partial charge is 0.416 e. The molecule has 0 aliphatic carbocycles. The van der Waals surface area contributed by atoms with Gasteiger partial charge in [0.05, 0.1) is 5.56 Å². The van der Waals surface area contributed by atoms with Crippen molar-refractivity contribution in [3.05, 3.63) is 59.7 Å². The molecule has 2 aromatic rings. The number of ether oxygens (including phenoxy) is 1. The lowest BCUT2D eigenvalue weighted by Crippen LogP contribution is -2.21. The number of carbonyl (C=O) groups excluding carboxylic acids is 2. The van der Waals surface area contributed by atoms with Gasteiger partial charge in [-0.05, 0) is 42.0 Å². The van der Waals surface area contributed by atoms with Crippen LogP contribution in [0.5, 0.6) is 5.75 Å². The van der Waals surface area contributed by atoms with Crippen LogP contribution in [0, 0.1) is 0 Å². The first-order chi connectivity index (χ1) is 11.7. The summed E-state index contributed by atoms with van der Waals surface area (Å²) in [6.07, 6.45) is -4.78. The van der Waals surface area contributed by atoms with Crippen LogP contribution in [0.3, 0.4) is 0 Å². The first-order valence-corrected chi connectivity index (χ1v) is 7.21. The molecular formula is C17H15F3N2O3. The molecule has 5 nitrogen and oxygen atoms in total. The largest absolute Gasteiger partial charge is 0.489 e. The van der Waals surface area contributed by atoms with Crippen molar-refractivity contribution >= 4 is 17.5 Å². The number of halogens is 3. The summed E-state index contributed by atoms with van der Waals surface area (Å²) in [5.74, 6) is -0.771. The van der Waals surface area contributed by atoms with E-state index in [4.69, 9.17) is 10.5 Å². The molecule has 0 saturated heterocycles. The molecule has 0 radical (unpaired) electrons. The van der Waals surface area contributed by atoms with Gasteiger partial charge in [0.15, 0.2) is 0 Å². The van der Waals surface area contributed by atoms with Crippen molar-refractivity contribution in [1.82, 2.24) is 0 Å². The molecule has 0 saturated carbocycles. The van der Waals surface area contributed by atoms with E-state index in [0.717, 1.165) is 12.1 Å². The lowest BCUT2D eigenvalue weighted by atomic mass is 10.1. The topological polar surface area (TPSA) is 81.4 Å². The Morgan fingerprint density at radius 2 is 1.60 bits per heavy atom. The molecule has 0 heterocycles. The molecule has 0 unspecified atom stereocenters. The predicted octanol–water partition coefficient (Wildman–Crippen LogP) is 3.10. The Labute approximate surface area is 141 Å². The predicted molar refractivity (Wildman–Crippen MR) is 84.7 cm³/mol. The number of nitrogens with one attached hydrogen (secondary N) is 1. The van der Waals surface area contributed by atoms with Crippen LogP contribution >= 0.6 is 0 Å². The lowest BCUT2D eigenvalue weighted by Gasteiger charge is -2.10. The van der Waals surface area contributed by atoms with Crippen molar-refractivity contribution in [2.24, 2.45) is 5.73 Å². The van der Waals surface area contributed by atoms with E-state index in [1.165, 1.54) is 12.1 Å². The van der Waals surface area contributed by atoms with Crippen LogP contribution < -0.4 is 15.8 Å². The molecule has 0 atom stereocenters. The Hall–Kier alpha value is -3.03. The normalized spacial score (nSPS) is 11.0. The summed E-state index contributed by atoms with van der Waals surface area (Å²) in [5, 5.41) is 2.49. The van der Waals surface area contributed by atoms with Crippen molar-refractivity contribution in [1.29, 1.82) is 0 Å². The van der Waals surface area contributed by atoms with Gasteiger partial charge in [-0.15, -0.1) is 0 Å². The number of alkyl halides is 3. The van der Waals surface area contributed by atoms with Crippen LogP contribution in [0.1, 0.15) is 17.5 Å². The second-order valence-corrected chi connectivity index (χ2v) is 5.20. The molecule has 0 aromatic heterocycles. The minimum Gasteiger partial charge on any atom is -0.489 e. The van der Waals surface area contributed by atoms with E-state index in [9.17, 15) is 22.8 Å². The summed E-state index contributed by atoms with van der Waals surface area (Å²) in [6, 6.07) is 11.0. The number of carbonyl (C=O) groups is 2. The SMILES string of the molecule is NC(=O)CC(=O)Nc1ccc(OCc2ccc(C(F)(F)F)cc2)cc1. The number of hydrogen-bond donors (Lipinski definition) is 2. The minimum absolute atomic E-state index is 0.103. The molecule has 0 aliphatic heterocycles. The zero-order chi connectivity index (χ0) is 18.4. The molecule has 2 amide bonds. The molecule has 8 heteroatoms. The fourth-order valence-electron chi connectivity index (χ4n) is 1.95. The highest BCUT2D eigenvalue weighted by Gasteiger charge is 2.29. The third-order valence-corrected chi connectivity index (χ3v) is 3.16. The van der Waals surface area contributed by atoms with Gasteiger partial charge in [-0.3, -0.25) is 9.59 Å². The van der Waals surface area contributed by atoms with E-state index in [1.54, 1.807) is 24.3 Å². The van der Waals surface area contributed by atoms with E-state index in [1.807, 2.05) is 0 Å². The summed E-state index contributed by atoms with van der Waals surface area (Å²) >= 11 is 0. The standard InChI is InChI=1S/C17H15F3N2O3/c18-17(19,20)12-3-1-11(2-4-12)10-25-14-7-5-13(6-8-14)22-16(24)9-15(21)23/h1-8H,9-10H2,(H2,21,23)(H,22,24). The fourth-order valence-corrected chi connectivity index (χ4v) is 1.95. The van der Waals surface area contributed by atoms with Gasteiger partial charge in [-0.1, -0.05) is 12.1 Å². The van der Waals surface area contributed by atoms with Gasteiger partial charge in [0.25, 0.3) is 0 Å². The van der Waals surface area contributed by atoms with E-state index in [2.05, 4.69) is 5.32 Å². The maximum Gasteiger partial charge on any atom is 0.416 e. The summed E-state index contributed by atoms with van der Waals surface area (Å²) in [7, 11) is 0. The molecule has 2 aromatic carbocycles. The minimum atomic E-state index is -4.37. The summed E-state index contributed by atoms with van der Waals surface area (Å²) in [5.41, 5.74) is 5.26. The highest BCUT2D eigenvalue weighted by Crippen LogP contribution is 2.29. The Bertz CT molecular complexity index is 741. The summed E-state index contributed by atoms with van der Waals surface area (Å²) in [4.78, 5) is 22.0. The second-order valence-electron chi connectivity index (χ2n) is 5.20. The van der Waals surface area contributed by atoms with Gasteiger partial charge in [-0.2, -0.15) is 13.2 Å². The quantitative estimate of drug-likeness (QED) is 0.784. The number of nitrogens with two attached hydrogens (primary N) is 1. The Kier molecular flexibility index (Phi) is 5.63. The van der Waals surface area contributed by atoms with Crippen LogP contribution in [0.25, 0.3) is 0 Å². The molecule has 0 fully saturated rings. The van der Waals surface area contributed by atoms with Crippen LogP contribution in [0.15, 0.2) is 48.5 Å². The van der Waals surface area contributed by atoms with Gasteiger partial charge in [0.2, 0.25) is 11.8 Å². The number of anilines is 1. The molecule has 0 aliphatic rings. The van der Waals surface area contributed by atoms with Crippen molar-refractivity contribution in [3.63, 3.8) is 0 Å². The Morgan fingerprint density at radius 1 is 1.00 bits per heavy atom. The lowest BCUT2D eigenvalue weighted by molar-refractivity contribution is -0.137. The Balaban J connectivity index is 1.89. The third-order valence-electron chi connectivity index (χ3n) is 3.16. The number of amides is 2. The molecule has 132 valence electrons. The zero-order valence-corrected chi connectivity index (χ0v) is 13.0. The highest BCUT2D eigenvalue weighted by atomic mass is 19.4. The van der Waals surface area contributed by atoms with Gasteiger partial charge in [0.1, 0.15) is 18.8 Å². The molecular weight excluding hydrogens is 337 g/mol. The maximum absolute atomic E-state index is 12.5. The van der Waals surface area contributed by atoms with Gasteiger partial charge in [0, 0.05) is 5.69 Å². The van der Waals surface area contributed by atoms with E-state index in [0.29, 0.717) is 17.0 Å². The molecule has 2 rings (SSSR count). The number of hydrogen-bond acceptors (Lipinski definition) is 3. The summed E-state index contributed by atoms with van der Waals surface area (Å²) < 4.78 is 42.9. The monoisotopic (exact) mass is 352 g/mol. The van der Waals surface area contributed by atoms with Crippen molar-refractivity contribution in [2.75, 3.05) is 5.32 Å². The number of benzene rings is 2. The first-order valence-electron chi connectivity index (χ1n) is 7.21. The van der Waals surface area contributed by atoms with Gasteiger partial charge >= 0.3 is 6.18 Å². The van der Waals surface area contributed by atoms with Crippen LogP contribution in [0.2, 0.25) is 0 Å². The average molecular weight is 352 g/mol. The third kappa shape index (κ3) is 5.83. The number of rotatable bonds is 6. The average Bonchev–Trinajstić information content (AvgIpc) is 2.53. The molecule has 0 spiro atoms. The highest BCUT2D eigenvalue weighted by molar-refractivity contribution is 6.03. The Morgan fingerprint density at radius 3 is 2.12 bits per heavy atom. The van der Waals surface area contributed by atoms with Crippen molar-refractivity contribution in [3.8, 4) is 5.75 Å².